The van der Waals surface area contributed by atoms with Crippen LogP contribution in [0.5, 0.6) is 0 Å². The summed E-state index contributed by atoms with van der Waals surface area (Å²) in [5.41, 5.74) is 5.95. The molecule has 0 amide bonds. The molecule has 1 aromatic heterocycles. The van der Waals surface area contributed by atoms with Gasteiger partial charge in [-0.05, 0) is 61.1 Å². The normalized spacial score (nSPS) is 16.2. The van der Waals surface area contributed by atoms with Crippen LogP contribution in [0.1, 0.15) is 66.4 Å². The first-order valence-corrected chi connectivity index (χ1v) is 14.2. The number of Topliss-reactive ketones (excluding diaryl/α,β-unsaturated/α-hetero) is 1. The average molecular weight is 496 g/mol. The number of carbonyl (C=O) groups excluding carboxylic acids is 1. The number of hydrogen-bond donors (Lipinski definition) is 0. The Morgan fingerprint density at radius 1 is 0.889 bits per heavy atom. The molecule has 36 heavy (non-hydrogen) atoms. The second kappa shape index (κ2) is 8.90. The van der Waals surface area contributed by atoms with Crippen molar-refractivity contribution in [2.75, 3.05) is 0 Å². The Morgan fingerprint density at radius 3 is 2.36 bits per heavy atom. The molecule has 1 fully saturated rings. The maximum Gasteiger partial charge on any atom is 0.204 e. The highest BCUT2D eigenvalue weighted by molar-refractivity contribution is 7.95. The summed E-state index contributed by atoms with van der Waals surface area (Å²) in [4.78, 5) is 13.0. The number of rotatable bonds is 4. The van der Waals surface area contributed by atoms with E-state index in [1.54, 1.807) is 31.2 Å². The molecule has 6 rings (SSSR count). The first-order valence-electron chi connectivity index (χ1n) is 12.7. The number of ketones is 1. The van der Waals surface area contributed by atoms with E-state index in [-0.39, 0.29) is 12.3 Å². The number of aromatic nitrogens is 1. The zero-order chi connectivity index (χ0) is 24.9. The number of benzene rings is 3. The number of hydrogen-bond acceptors (Lipinski definition) is 3. The lowest BCUT2D eigenvalue weighted by molar-refractivity contribution is 0.101. The SMILES string of the molecule is CC(=O)c1ccc2c(C3CCCCC3)c3n(c2c1)CC(S(=O)(=O)c1ccccc1)=Cc1ccccc1-3. The van der Waals surface area contributed by atoms with Crippen molar-refractivity contribution in [3.63, 3.8) is 0 Å². The number of nitrogens with zero attached hydrogens (tertiary/aromatic N) is 1. The monoisotopic (exact) mass is 495 g/mol. The number of fused-ring (bicyclic) bond motifs is 5. The summed E-state index contributed by atoms with van der Waals surface area (Å²) in [5.74, 6) is 0.425. The largest absolute Gasteiger partial charge is 0.335 e. The van der Waals surface area contributed by atoms with E-state index < -0.39 is 9.84 Å². The van der Waals surface area contributed by atoms with Crippen molar-refractivity contribution in [3.8, 4) is 11.3 Å². The van der Waals surface area contributed by atoms with E-state index in [2.05, 4.69) is 16.7 Å². The molecule has 0 spiro atoms. The Hall–Kier alpha value is -3.44. The van der Waals surface area contributed by atoms with Crippen molar-refractivity contribution >= 4 is 32.6 Å². The van der Waals surface area contributed by atoms with Gasteiger partial charge in [0.25, 0.3) is 0 Å². The number of carbonyl (C=O) groups is 1. The van der Waals surface area contributed by atoms with Crippen LogP contribution in [0, 0.1) is 0 Å². The first kappa shape index (κ1) is 23.0. The molecule has 3 aromatic carbocycles. The molecule has 4 nitrogen and oxygen atoms in total. The minimum Gasteiger partial charge on any atom is -0.335 e. The van der Waals surface area contributed by atoms with Gasteiger partial charge in [0.2, 0.25) is 9.84 Å². The standard InChI is InChI=1S/C31H29NO3S/c1-21(33)23-16-17-28-29(19-23)32-20-26(36(34,35)25-13-6-3-7-14-25)18-24-12-8-9-15-27(24)31(32)30(28)22-10-4-2-5-11-22/h3,6-9,12-19,22H,2,4-5,10-11,20H2,1H3. The lowest BCUT2D eigenvalue weighted by Gasteiger charge is -2.24. The maximum atomic E-state index is 13.8. The second-order valence-corrected chi connectivity index (χ2v) is 12.0. The maximum absolute atomic E-state index is 13.8. The summed E-state index contributed by atoms with van der Waals surface area (Å²) in [5, 5.41) is 1.13. The van der Waals surface area contributed by atoms with E-state index in [1.165, 1.54) is 24.8 Å². The van der Waals surface area contributed by atoms with Crippen LogP contribution in [0.2, 0.25) is 0 Å². The smallest absolute Gasteiger partial charge is 0.204 e. The summed E-state index contributed by atoms with van der Waals surface area (Å²) < 4.78 is 29.8. The number of sulfone groups is 1. The van der Waals surface area contributed by atoms with Crippen LogP contribution in [-0.2, 0) is 16.4 Å². The Morgan fingerprint density at radius 2 is 1.61 bits per heavy atom. The molecule has 0 N–H and O–H groups in total. The highest BCUT2D eigenvalue weighted by Gasteiger charge is 2.31. The van der Waals surface area contributed by atoms with E-state index in [1.807, 2.05) is 42.5 Å². The Bertz CT molecular complexity index is 1620. The topological polar surface area (TPSA) is 56.1 Å². The molecule has 1 saturated carbocycles. The minimum absolute atomic E-state index is 0.00774. The van der Waals surface area contributed by atoms with Crippen molar-refractivity contribution in [3.05, 3.63) is 94.4 Å². The van der Waals surface area contributed by atoms with Gasteiger partial charge in [-0.25, -0.2) is 8.42 Å². The summed E-state index contributed by atoms with van der Waals surface area (Å²) in [6.45, 7) is 1.81. The zero-order valence-electron chi connectivity index (χ0n) is 20.4. The van der Waals surface area contributed by atoms with Crippen molar-refractivity contribution < 1.29 is 13.2 Å². The van der Waals surface area contributed by atoms with Crippen molar-refractivity contribution in [1.82, 2.24) is 4.57 Å². The van der Waals surface area contributed by atoms with Crippen LogP contribution < -0.4 is 0 Å². The van der Waals surface area contributed by atoms with Gasteiger partial charge in [0.05, 0.1) is 22.0 Å². The zero-order valence-corrected chi connectivity index (χ0v) is 21.2. The third-order valence-electron chi connectivity index (χ3n) is 7.77. The van der Waals surface area contributed by atoms with Gasteiger partial charge in [-0.2, -0.15) is 0 Å². The Labute approximate surface area is 212 Å². The number of allylic oxidation sites excluding steroid dienone is 1. The molecule has 0 atom stereocenters. The molecule has 1 aliphatic carbocycles. The predicted molar refractivity (Wildman–Crippen MR) is 145 cm³/mol. The highest BCUT2D eigenvalue weighted by atomic mass is 32.2. The van der Waals surface area contributed by atoms with E-state index in [9.17, 15) is 13.2 Å². The van der Waals surface area contributed by atoms with E-state index in [4.69, 9.17) is 0 Å². The molecule has 182 valence electrons. The lowest BCUT2D eigenvalue weighted by Crippen LogP contribution is -2.11. The van der Waals surface area contributed by atoms with Gasteiger partial charge in [0.1, 0.15) is 0 Å². The molecular formula is C31H29NO3S. The van der Waals surface area contributed by atoms with E-state index in [0.29, 0.717) is 21.3 Å². The van der Waals surface area contributed by atoms with Crippen molar-refractivity contribution in [2.24, 2.45) is 0 Å². The fourth-order valence-electron chi connectivity index (χ4n) is 5.98. The second-order valence-electron chi connectivity index (χ2n) is 9.99. The van der Waals surface area contributed by atoms with Gasteiger partial charge in [-0.15, -0.1) is 0 Å². The summed E-state index contributed by atoms with van der Waals surface area (Å²) in [7, 11) is -3.71. The molecule has 5 heteroatoms. The fraction of sp³-hybridized carbons (Fsp3) is 0.258. The summed E-state index contributed by atoms with van der Waals surface area (Å²) in [6, 6.07) is 22.7. The third kappa shape index (κ3) is 3.73. The highest BCUT2D eigenvalue weighted by Crippen LogP contribution is 2.47. The van der Waals surface area contributed by atoms with E-state index >= 15 is 0 Å². The van der Waals surface area contributed by atoms with E-state index in [0.717, 1.165) is 40.6 Å². The molecule has 1 aliphatic heterocycles. The van der Waals surface area contributed by atoms with Crippen LogP contribution in [-0.4, -0.2) is 18.8 Å². The van der Waals surface area contributed by atoms with Gasteiger partial charge >= 0.3 is 0 Å². The van der Waals surface area contributed by atoms with Crippen molar-refractivity contribution in [2.45, 2.75) is 56.4 Å². The van der Waals surface area contributed by atoms with Crippen LogP contribution >= 0.6 is 0 Å². The summed E-state index contributed by atoms with van der Waals surface area (Å²) in [6.07, 6.45) is 7.77. The molecule has 0 saturated heterocycles. The van der Waals surface area contributed by atoms with Gasteiger partial charge < -0.3 is 4.57 Å². The predicted octanol–water partition coefficient (Wildman–Crippen LogP) is 7.39. The lowest BCUT2D eigenvalue weighted by atomic mass is 9.81. The summed E-state index contributed by atoms with van der Waals surface area (Å²) >= 11 is 0. The average Bonchev–Trinajstić information content (AvgIpc) is 3.11. The fourth-order valence-corrected chi connectivity index (χ4v) is 7.38. The van der Waals surface area contributed by atoms with Gasteiger partial charge in [-0.1, -0.05) is 73.9 Å². The molecule has 4 aromatic rings. The molecule has 2 aliphatic rings. The van der Waals surface area contributed by atoms with Gasteiger partial charge in [-0.3, -0.25) is 4.79 Å². The molecule has 0 radical (unpaired) electrons. The molecule has 0 unspecified atom stereocenters. The first-order chi connectivity index (χ1) is 17.4. The van der Waals surface area contributed by atoms with Crippen LogP contribution in [0.4, 0.5) is 0 Å². The minimum atomic E-state index is -3.71. The Balaban J connectivity index is 1.67. The third-order valence-corrected chi connectivity index (χ3v) is 9.60. The van der Waals surface area contributed by atoms with Crippen LogP contribution in [0.25, 0.3) is 28.2 Å². The van der Waals surface area contributed by atoms with Crippen LogP contribution in [0.3, 0.4) is 0 Å². The quantitative estimate of drug-likeness (QED) is 0.277. The Kier molecular flexibility index (Phi) is 5.68. The molecule has 0 bridgehead atoms. The molecule has 2 heterocycles. The van der Waals surface area contributed by atoms with Crippen LogP contribution in [0.15, 0.2) is 82.6 Å². The van der Waals surface area contributed by atoms with Gasteiger partial charge in [0, 0.05) is 22.0 Å². The molecular weight excluding hydrogens is 466 g/mol. The van der Waals surface area contributed by atoms with Crippen molar-refractivity contribution in [1.29, 1.82) is 0 Å². The van der Waals surface area contributed by atoms with Gasteiger partial charge in [0.15, 0.2) is 5.78 Å².